The maximum Gasteiger partial charge on any atom is 0.0302 e. The SMILES string of the molecule is Cc1ccc(CNC2CC(C)CCC2C)s1. The Morgan fingerprint density at radius 1 is 1.31 bits per heavy atom. The smallest absolute Gasteiger partial charge is 0.0302 e. The van der Waals surface area contributed by atoms with Crippen LogP contribution in [0, 0.1) is 18.8 Å². The minimum Gasteiger partial charge on any atom is -0.309 e. The van der Waals surface area contributed by atoms with Gasteiger partial charge in [-0.05, 0) is 43.7 Å². The topological polar surface area (TPSA) is 12.0 Å². The van der Waals surface area contributed by atoms with Crippen molar-refractivity contribution in [3.05, 3.63) is 21.9 Å². The number of hydrogen-bond acceptors (Lipinski definition) is 2. The van der Waals surface area contributed by atoms with Gasteiger partial charge in [-0.3, -0.25) is 0 Å². The highest BCUT2D eigenvalue weighted by molar-refractivity contribution is 7.11. The Hall–Kier alpha value is -0.340. The van der Waals surface area contributed by atoms with Gasteiger partial charge in [0, 0.05) is 22.3 Å². The van der Waals surface area contributed by atoms with E-state index in [1.165, 1.54) is 29.0 Å². The Balaban J connectivity index is 1.84. The molecule has 1 aromatic rings. The van der Waals surface area contributed by atoms with Crippen molar-refractivity contribution < 1.29 is 0 Å². The Kier molecular flexibility index (Phi) is 4.04. The molecule has 0 bridgehead atoms. The Morgan fingerprint density at radius 2 is 2.12 bits per heavy atom. The van der Waals surface area contributed by atoms with Crippen molar-refractivity contribution in [2.24, 2.45) is 11.8 Å². The Bertz CT molecular complexity index is 331. The van der Waals surface area contributed by atoms with Crippen LogP contribution in [0.15, 0.2) is 12.1 Å². The molecule has 1 aromatic heterocycles. The first-order valence-electron chi connectivity index (χ1n) is 6.44. The molecule has 0 aliphatic heterocycles. The predicted molar refractivity (Wildman–Crippen MR) is 71.9 cm³/mol. The molecule has 1 nitrogen and oxygen atoms in total. The molecule has 1 N–H and O–H groups in total. The lowest BCUT2D eigenvalue weighted by Crippen LogP contribution is -2.38. The summed E-state index contributed by atoms with van der Waals surface area (Å²) in [5.74, 6) is 1.75. The molecule has 0 radical (unpaired) electrons. The molecule has 3 unspecified atom stereocenters. The molecule has 0 saturated heterocycles. The molecule has 0 spiro atoms. The van der Waals surface area contributed by atoms with Crippen LogP contribution in [0.5, 0.6) is 0 Å². The highest BCUT2D eigenvalue weighted by atomic mass is 32.1. The van der Waals surface area contributed by atoms with Gasteiger partial charge in [0.1, 0.15) is 0 Å². The van der Waals surface area contributed by atoms with E-state index in [1.54, 1.807) is 0 Å². The van der Waals surface area contributed by atoms with Crippen molar-refractivity contribution in [2.75, 3.05) is 0 Å². The first-order valence-corrected chi connectivity index (χ1v) is 7.25. The predicted octanol–water partition coefficient (Wildman–Crippen LogP) is 3.97. The zero-order valence-electron chi connectivity index (χ0n) is 10.6. The van der Waals surface area contributed by atoms with Crippen LogP contribution in [0.1, 0.15) is 42.9 Å². The Morgan fingerprint density at radius 3 is 2.81 bits per heavy atom. The van der Waals surface area contributed by atoms with Gasteiger partial charge < -0.3 is 5.32 Å². The largest absolute Gasteiger partial charge is 0.309 e. The molecule has 1 fully saturated rings. The summed E-state index contributed by atoms with van der Waals surface area (Å²) in [6.07, 6.45) is 4.16. The molecule has 3 atom stereocenters. The number of thiophene rings is 1. The molecule has 2 rings (SSSR count). The van der Waals surface area contributed by atoms with E-state index >= 15 is 0 Å². The van der Waals surface area contributed by atoms with Crippen LogP contribution in [-0.2, 0) is 6.54 Å². The maximum absolute atomic E-state index is 3.74. The minimum absolute atomic E-state index is 0.728. The van der Waals surface area contributed by atoms with Crippen molar-refractivity contribution in [3.63, 3.8) is 0 Å². The van der Waals surface area contributed by atoms with Gasteiger partial charge in [-0.2, -0.15) is 0 Å². The molecule has 90 valence electrons. The summed E-state index contributed by atoms with van der Waals surface area (Å²) in [5, 5.41) is 3.74. The summed E-state index contributed by atoms with van der Waals surface area (Å²) in [5.41, 5.74) is 0. The molecular weight excluding hydrogens is 214 g/mol. The van der Waals surface area contributed by atoms with Crippen LogP contribution in [0.2, 0.25) is 0 Å². The van der Waals surface area contributed by atoms with E-state index in [0.717, 1.165) is 24.4 Å². The number of hydrogen-bond donors (Lipinski definition) is 1. The van der Waals surface area contributed by atoms with Crippen molar-refractivity contribution >= 4 is 11.3 Å². The van der Waals surface area contributed by atoms with Gasteiger partial charge in [0.25, 0.3) is 0 Å². The van der Waals surface area contributed by atoms with Crippen LogP contribution in [0.4, 0.5) is 0 Å². The minimum atomic E-state index is 0.728. The first kappa shape index (κ1) is 12.1. The fourth-order valence-electron chi connectivity index (χ4n) is 2.63. The second-order valence-electron chi connectivity index (χ2n) is 5.40. The zero-order valence-corrected chi connectivity index (χ0v) is 11.4. The summed E-state index contributed by atoms with van der Waals surface area (Å²) in [6, 6.07) is 5.20. The molecule has 0 amide bonds. The van der Waals surface area contributed by atoms with Gasteiger partial charge in [0.15, 0.2) is 0 Å². The summed E-state index contributed by atoms with van der Waals surface area (Å²) in [6.45, 7) is 8.01. The van der Waals surface area contributed by atoms with Crippen molar-refractivity contribution in [3.8, 4) is 0 Å². The Labute approximate surface area is 103 Å². The lowest BCUT2D eigenvalue weighted by molar-refractivity contribution is 0.228. The van der Waals surface area contributed by atoms with Crippen LogP contribution in [0.25, 0.3) is 0 Å². The van der Waals surface area contributed by atoms with E-state index in [2.05, 4.69) is 38.2 Å². The zero-order chi connectivity index (χ0) is 11.5. The third kappa shape index (κ3) is 3.08. The average Bonchev–Trinajstić information content (AvgIpc) is 2.66. The molecule has 1 aliphatic carbocycles. The molecule has 1 saturated carbocycles. The van der Waals surface area contributed by atoms with Crippen molar-refractivity contribution in [1.29, 1.82) is 0 Å². The van der Waals surface area contributed by atoms with E-state index in [0.29, 0.717) is 0 Å². The average molecular weight is 237 g/mol. The standard InChI is InChI=1S/C14H23NS/c1-10-4-5-11(2)14(8-10)15-9-13-7-6-12(3)16-13/h6-7,10-11,14-15H,4-5,8-9H2,1-3H3. The van der Waals surface area contributed by atoms with Gasteiger partial charge in [-0.25, -0.2) is 0 Å². The summed E-state index contributed by atoms with van der Waals surface area (Å²) >= 11 is 1.92. The molecule has 0 aromatic carbocycles. The third-order valence-corrected chi connectivity index (χ3v) is 4.79. The molecule has 2 heteroatoms. The first-order chi connectivity index (χ1) is 7.65. The fourth-order valence-corrected chi connectivity index (χ4v) is 3.47. The highest BCUT2D eigenvalue weighted by Crippen LogP contribution is 2.28. The van der Waals surface area contributed by atoms with Gasteiger partial charge in [-0.1, -0.05) is 20.3 Å². The van der Waals surface area contributed by atoms with Crippen LogP contribution in [0.3, 0.4) is 0 Å². The van der Waals surface area contributed by atoms with E-state index in [9.17, 15) is 0 Å². The second-order valence-corrected chi connectivity index (χ2v) is 6.77. The quantitative estimate of drug-likeness (QED) is 0.838. The van der Waals surface area contributed by atoms with E-state index < -0.39 is 0 Å². The number of nitrogens with one attached hydrogen (secondary N) is 1. The van der Waals surface area contributed by atoms with Crippen molar-refractivity contribution in [1.82, 2.24) is 5.32 Å². The third-order valence-electron chi connectivity index (χ3n) is 3.79. The number of aryl methyl sites for hydroxylation is 1. The van der Waals surface area contributed by atoms with E-state index in [-0.39, 0.29) is 0 Å². The normalized spacial score (nSPS) is 30.6. The van der Waals surface area contributed by atoms with Gasteiger partial charge in [-0.15, -0.1) is 11.3 Å². The second kappa shape index (κ2) is 5.33. The van der Waals surface area contributed by atoms with Crippen LogP contribution < -0.4 is 5.32 Å². The molecule has 1 aliphatic rings. The molecule has 1 heterocycles. The lowest BCUT2D eigenvalue weighted by atomic mass is 9.80. The van der Waals surface area contributed by atoms with Gasteiger partial charge >= 0.3 is 0 Å². The fraction of sp³-hybridized carbons (Fsp3) is 0.714. The summed E-state index contributed by atoms with van der Waals surface area (Å²) in [7, 11) is 0. The lowest BCUT2D eigenvalue weighted by Gasteiger charge is -2.33. The van der Waals surface area contributed by atoms with Crippen LogP contribution >= 0.6 is 11.3 Å². The van der Waals surface area contributed by atoms with Gasteiger partial charge in [0.2, 0.25) is 0 Å². The highest BCUT2D eigenvalue weighted by Gasteiger charge is 2.24. The summed E-state index contributed by atoms with van der Waals surface area (Å²) in [4.78, 5) is 2.89. The van der Waals surface area contributed by atoms with Crippen LogP contribution in [-0.4, -0.2) is 6.04 Å². The van der Waals surface area contributed by atoms with Gasteiger partial charge in [0.05, 0.1) is 0 Å². The van der Waals surface area contributed by atoms with E-state index in [4.69, 9.17) is 0 Å². The molecule has 16 heavy (non-hydrogen) atoms. The van der Waals surface area contributed by atoms with E-state index in [1.807, 2.05) is 11.3 Å². The summed E-state index contributed by atoms with van der Waals surface area (Å²) < 4.78 is 0. The van der Waals surface area contributed by atoms with Crippen molar-refractivity contribution in [2.45, 2.75) is 52.6 Å². The molecular formula is C14H23NS. The monoisotopic (exact) mass is 237 g/mol. The number of rotatable bonds is 3. The maximum atomic E-state index is 3.74.